The van der Waals surface area contributed by atoms with Gasteiger partial charge in [0.25, 0.3) is 0 Å². The van der Waals surface area contributed by atoms with E-state index in [1.165, 1.54) is 0 Å². The van der Waals surface area contributed by atoms with Crippen LogP contribution in [0.5, 0.6) is 0 Å². The summed E-state index contributed by atoms with van der Waals surface area (Å²) in [6.45, 7) is 9.79. The topological polar surface area (TPSA) is 34.1 Å². The van der Waals surface area contributed by atoms with Gasteiger partial charge in [0.2, 0.25) is 11.6 Å². The summed E-state index contributed by atoms with van der Waals surface area (Å²) < 4.78 is 0. The van der Waals surface area contributed by atoms with Crippen molar-refractivity contribution in [1.82, 2.24) is 0 Å². The Morgan fingerprint density at radius 1 is 1.23 bits per heavy atom. The highest BCUT2D eigenvalue weighted by Crippen LogP contribution is 2.53. The Labute approximate surface area is 79.7 Å². The smallest absolute Gasteiger partial charge is 0.205 e. The highest BCUT2D eigenvalue weighted by Gasteiger charge is 2.59. The molecule has 0 bridgehead atoms. The first-order valence-electron chi connectivity index (χ1n) is 4.87. The molecule has 1 rings (SSSR count). The quantitative estimate of drug-likeness (QED) is 0.583. The molecule has 0 N–H and O–H groups in total. The number of rotatable bonds is 1. The molecule has 1 aliphatic rings. The first kappa shape index (κ1) is 10.4. The maximum atomic E-state index is 11.7. The number of Topliss-reactive ketones (excluding diaryl/α,β-unsaturated/α-hetero) is 2. The van der Waals surface area contributed by atoms with Crippen LogP contribution in [0.1, 0.15) is 41.0 Å². The van der Waals surface area contributed by atoms with E-state index in [2.05, 4.69) is 0 Å². The molecule has 13 heavy (non-hydrogen) atoms. The van der Waals surface area contributed by atoms with Gasteiger partial charge in [0.05, 0.1) is 0 Å². The van der Waals surface area contributed by atoms with Gasteiger partial charge in [-0.15, -0.1) is 0 Å². The zero-order chi connectivity index (χ0) is 10.4. The van der Waals surface area contributed by atoms with Gasteiger partial charge in [-0.25, -0.2) is 0 Å². The van der Waals surface area contributed by atoms with E-state index in [9.17, 15) is 9.59 Å². The standard InChI is InChI=1S/C11H18O2/c1-6-11(5)9(13)8(12)7(2)10(11,3)4/h7H,6H2,1-5H3. The molecular formula is C11H18O2. The van der Waals surface area contributed by atoms with E-state index in [4.69, 9.17) is 0 Å². The molecule has 2 nitrogen and oxygen atoms in total. The molecule has 1 saturated carbocycles. The largest absolute Gasteiger partial charge is 0.291 e. The van der Waals surface area contributed by atoms with Gasteiger partial charge in [0, 0.05) is 11.3 Å². The van der Waals surface area contributed by atoms with Gasteiger partial charge in [0.15, 0.2) is 0 Å². The Balaban J connectivity index is 3.25. The summed E-state index contributed by atoms with van der Waals surface area (Å²) in [5.74, 6) is -0.494. The van der Waals surface area contributed by atoms with Crippen LogP contribution in [0.15, 0.2) is 0 Å². The fraction of sp³-hybridized carbons (Fsp3) is 0.818. The minimum Gasteiger partial charge on any atom is -0.291 e. The molecule has 0 spiro atoms. The van der Waals surface area contributed by atoms with E-state index in [0.29, 0.717) is 0 Å². The molecule has 2 heteroatoms. The van der Waals surface area contributed by atoms with Crippen molar-refractivity contribution in [3.8, 4) is 0 Å². The SMILES string of the molecule is CCC1(C)C(=O)C(=O)C(C)C1(C)C. The first-order chi connectivity index (χ1) is 5.79. The Morgan fingerprint density at radius 3 is 1.85 bits per heavy atom. The van der Waals surface area contributed by atoms with Gasteiger partial charge in [-0.1, -0.05) is 34.6 Å². The average molecular weight is 182 g/mol. The molecule has 2 unspecified atom stereocenters. The second-order valence-corrected chi connectivity index (χ2v) is 4.82. The zero-order valence-corrected chi connectivity index (χ0v) is 9.10. The molecule has 1 fully saturated rings. The van der Waals surface area contributed by atoms with Crippen molar-refractivity contribution in [2.75, 3.05) is 0 Å². The number of hydrogen-bond donors (Lipinski definition) is 0. The van der Waals surface area contributed by atoms with Gasteiger partial charge < -0.3 is 0 Å². The molecular weight excluding hydrogens is 164 g/mol. The third-order valence-corrected chi connectivity index (χ3v) is 4.33. The molecule has 0 heterocycles. The molecule has 0 aromatic carbocycles. The van der Waals surface area contributed by atoms with Crippen LogP contribution in [0.4, 0.5) is 0 Å². The van der Waals surface area contributed by atoms with Crippen molar-refractivity contribution < 1.29 is 9.59 Å². The van der Waals surface area contributed by atoms with Crippen LogP contribution in [0.25, 0.3) is 0 Å². The lowest BCUT2D eigenvalue weighted by molar-refractivity contribution is -0.139. The van der Waals surface area contributed by atoms with Crippen molar-refractivity contribution in [1.29, 1.82) is 0 Å². The van der Waals surface area contributed by atoms with Gasteiger partial charge >= 0.3 is 0 Å². The van der Waals surface area contributed by atoms with E-state index in [1.807, 2.05) is 34.6 Å². The van der Waals surface area contributed by atoms with Gasteiger partial charge in [-0.2, -0.15) is 0 Å². The normalized spacial score (nSPS) is 38.4. The average Bonchev–Trinajstić information content (AvgIpc) is 2.20. The predicted molar refractivity (Wildman–Crippen MR) is 51.4 cm³/mol. The summed E-state index contributed by atoms with van der Waals surface area (Å²) in [4.78, 5) is 23.3. The molecule has 0 amide bonds. The lowest BCUT2D eigenvalue weighted by Crippen LogP contribution is -2.36. The van der Waals surface area contributed by atoms with Crippen molar-refractivity contribution in [2.24, 2.45) is 16.7 Å². The van der Waals surface area contributed by atoms with Crippen LogP contribution < -0.4 is 0 Å². The van der Waals surface area contributed by atoms with Crippen molar-refractivity contribution in [3.63, 3.8) is 0 Å². The molecule has 0 aromatic rings. The van der Waals surface area contributed by atoms with E-state index in [1.54, 1.807) is 0 Å². The van der Waals surface area contributed by atoms with Gasteiger partial charge in [-0.05, 0) is 11.8 Å². The summed E-state index contributed by atoms with van der Waals surface area (Å²) >= 11 is 0. The highest BCUT2D eigenvalue weighted by atomic mass is 16.2. The Kier molecular flexibility index (Phi) is 2.13. The molecule has 2 atom stereocenters. The minimum atomic E-state index is -0.455. The van der Waals surface area contributed by atoms with Crippen LogP contribution >= 0.6 is 0 Å². The molecule has 0 aliphatic heterocycles. The van der Waals surface area contributed by atoms with E-state index < -0.39 is 5.41 Å². The molecule has 0 aromatic heterocycles. The van der Waals surface area contributed by atoms with Crippen LogP contribution in [-0.4, -0.2) is 11.6 Å². The fourth-order valence-electron chi connectivity index (χ4n) is 2.18. The van der Waals surface area contributed by atoms with Crippen molar-refractivity contribution >= 4 is 11.6 Å². The van der Waals surface area contributed by atoms with Crippen LogP contribution in [0, 0.1) is 16.7 Å². The lowest BCUT2D eigenvalue weighted by atomic mass is 9.64. The highest BCUT2D eigenvalue weighted by molar-refractivity contribution is 6.42. The molecule has 1 aliphatic carbocycles. The maximum Gasteiger partial charge on any atom is 0.205 e. The van der Waals surface area contributed by atoms with Gasteiger partial charge in [0.1, 0.15) is 0 Å². The minimum absolute atomic E-state index is 0.134. The van der Waals surface area contributed by atoms with Crippen molar-refractivity contribution in [3.05, 3.63) is 0 Å². The van der Waals surface area contributed by atoms with Crippen LogP contribution in [0.2, 0.25) is 0 Å². The third-order valence-electron chi connectivity index (χ3n) is 4.33. The fourth-order valence-corrected chi connectivity index (χ4v) is 2.18. The van der Waals surface area contributed by atoms with E-state index >= 15 is 0 Å². The monoisotopic (exact) mass is 182 g/mol. The predicted octanol–water partition coefficient (Wildman–Crippen LogP) is 2.22. The third kappa shape index (κ3) is 1.01. The number of carbonyl (C=O) groups excluding carboxylic acids is 2. The summed E-state index contributed by atoms with van der Waals surface area (Å²) in [5, 5.41) is 0. The second kappa shape index (κ2) is 2.66. The van der Waals surface area contributed by atoms with E-state index in [-0.39, 0.29) is 22.9 Å². The van der Waals surface area contributed by atoms with Crippen LogP contribution in [-0.2, 0) is 9.59 Å². The zero-order valence-electron chi connectivity index (χ0n) is 9.10. The summed E-state index contributed by atoms with van der Waals surface area (Å²) in [6.07, 6.45) is 0.745. The number of carbonyl (C=O) groups is 2. The maximum absolute atomic E-state index is 11.7. The van der Waals surface area contributed by atoms with Crippen molar-refractivity contribution in [2.45, 2.75) is 41.0 Å². The molecule has 74 valence electrons. The molecule has 0 radical (unpaired) electrons. The second-order valence-electron chi connectivity index (χ2n) is 4.82. The van der Waals surface area contributed by atoms with Gasteiger partial charge in [-0.3, -0.25) is 9.59 Å². The summed E-state index contributed by atoms with van der Waals surface area (Å²) in [5.41, 5.74) is -0.653. The summed E-state index contributed by atoms with van der Waals surface area (Å²) in [7, 11) is 0. The Morgan fingerprint density at radius 2 is 1.69 bits per heavy atom. The number of ketones is 2. The lowest BCUT2D eigenvalue weighted by Gasteiger charge is -2.37. The van der Waals surface area contributed by atoms with E-state index in [0.717, 1.165) is 6.42 Å². The first-order valence-corrected chi connectivity index (χ1v) is 4.87. The van der Waals surface area contributed by atoms with Crippen LogP contribution in [0.3, 0.4) is 0 Å². The summed E-state index contributed by atoms with van der Waals surface area (Å²) in [6, 6.07) is 0. The molecule has 0 saturated heterocycles. The Bertz CT molecular complexity index is 265. The Hall–Kier alpha value is -0.660. The number of hydrogen-bond acceptors (Lipinski definition) is 2.